The van der Waals surface area contributed by atoms with Crippen LogP contribution >= 0.6 is 0 Å². The lowest BCUT2D eigenvalue weighted by Crippen LogP contribution is -2.36. The smallest absolute Gasteiger partial charge is 0.341 e. The maximum absolute atomic E-state index is 11.4. The van der Waals surface area contributed by atoms with Gasteiger partial charge in [0.2, 0.25) is 0 Å². The van der Waals surface area contributed by atoms with Gasteiger partial charge in [-0.15, -0.1) is 0 Å². The van der Waals surface area contributed by atoms with Crippen molar-refractivity contribution in [1.29, 1.82) is 0 Å². The Labute approximate surface area is 120 Å². The molecule has 1 aromatic heterocycles. The molecular weight excluding hydrogens is 256 g/mol. The summed E-state index contributed by atoms with van der Waals surface area (Å²) in [5, 5.41) is 13.6. The minimum Gasteiger partial charge on any atom is -0.477 e. The van der Waals surface area contributed by atoms with Gasteiger partial charge in [-0.2, -0.15) is 5.10 Å². The summed E-state index contributed by atoms with van der Waals surface area (Å²) in [6, 6.07) is 0. The van der Waals surface area contributed by atoms with Crippen LogP contribution in [-0.2, 0) is 7.05 Å². The molecular formula is C14H24N4O2. The molecule has 1 aliphatic rings. The van der Waals surface area contributed by atoms with E-state index in [1.807, 2.05) is 11.9 Å². The van der Waals surface area contributed by atoms with Gasteiger partial charge < -0.3 is 14.9 Å². The molecule has 0 bridgehead atoms. The summed E-state index contributed by atoms with van der Waals surface area (Å²) in [5.74, 6) is 0.419. The third-order valence-electron chi connectivity index (χ3n) is 4.14. The molecule has 2 rings (SSSR count). The predicted molar refractivity (Wildman–Crippen MR) is 78.4 cm³/mol. The standard InChI is InChI=1S/C14H24N4O2/c1-10-12(14(19)20)13(18(4)15-10)17(3)9-11-5-7-16(2)8-6-11/h11H,5-9H2,1-4H3,(H,19,20). The molecule has 0 aliphatic carbocycles. The van der Waals surface area contributed by atoms with Crippen LogP contribution in [-0.4, -0.2) is 59.5 Å². The zero-order valence-corrected chi connectivity index (χ0v) is 12.8. The first-order valence-corrected chi connectivity index (χ1v) is 7.06. The maximum Gasteiger partial charge on any atom is 0.341 e. The van der Waals surface area contributed by atoms with Crippen LogP contribution in [0.15, 0.2) is 0 Å². The molecule has 1 saturated heterocycles. The summed E-state index contributed by atoms with van der Waals surface area (Å²) in [7, 11) is 5.91. The minimum absolute atomic E-state index is 0.322. The zero-order chi connectivity index (χ0) is 14.9. The van der Waals surface area contributed by atoms with E-state index in [4.69, 9.17) is 0 Å². The first-order chi connectivity index (χ1) is 9.40. The van der Waals surface area contributed by atoms with E-state index < -0.39 is 5.97 Å². The summed E-state index contributed by atoms with van der Waals surface area (Å²) in [6.45, 7) is 4.87. The highest BCUT2D eigenvalue weighted by atomic mass is 16.4. The molecule has 1 aromatic rings. The second-order valence-corrected chi connectivity index (χ2v) is 5.84. The molecule has 6 heteroatoms. The van der Waals surface area contributed by atoms with Crippen LogP contribution in [0.1, 0.15) is 28.9 Å². The van der Waals surface area contributed by atoms with Gasteiger partial charge in [-0.05, 0) is 45.8 Å². The van der Waals surface area contributed by atoms with E-state index in [1.54, 1.807) is 18.7 Å². The topological polar surface area (TPSA) is 61.6 Å². The fourth-order valence-corrected chi connectivity index (χ4v) is 3.05. The quantitative estimate of drug-likeness (QED) is 0.898. The highest BCUT2D eigenvalue weighted by Gasteiger charge is 2.25. The Morgan fingerprint density at radius 1 is 1.40 bits per heavy atom. The molecule has 112 valence electrons. The highest BCUT2D eigenvalue weighted by molar-refractivity contribution is 5.94. The van der Waals surface area contributed by atoms with Crippen LogP contribution in [0.25, 0.3) is 0 Å². The van der Waals surface area contributed by atoms with Crippen molar-refractivity contribution in [1.82, 2.24) is 14.7 Å². The molecule has 0 saturated carbocycles. The Morgan fingerprint density at radius 3 is 2.55 bits per heavy atom. The van der Waals surface area contributed by atoms with Crippen molar-refractivity contribution < 1.29 is 9.90 Å². The van der Waals surface area contributed by atoms with Crippen molar-refractivity contribution in [3.8, 4) is 0 Å². The monoisotopic (exact) mass is 280 g/mol. The van der Waals surface area contributed by atoms with Gasteiger partial charge in [-0.1, -0.05) is 0 Å². The molecule has 0 amide bonds. The Kier molecular flexibility index (Phi) is 4.32. The number of anilines is 1. The second-order valence-electron chi connectivity index (χ2n) is 5.84. The molecule has 0 spiro atoms. The number of aromatic nitrogens is 2. The number of rotatable bonds is 4. The number of aryl methyl sites for hydroxylation is 2. The molecule has 1 fully saturated rings. The van der Waals surface area contributed by atoms with Crippen LogP contribution in [0.3, 0.4) is 0 Å². The van der Waals surface area contributed by atoms with Crippen LogP contribution in [0.2, 0.25) is 0 Å². The van der Waals surface area contributed by atoms with Gasteiger partial charge >= 0.3 is 5.97 Å². The first kappa shape index (κ1) is 14.8. The SMILES string of the molecule is Cc1nn(C)c(N(C)CC2CCN(C)CC2)c1C(=O)O. The Balaban J connectivity index is 2.13. The molecule has 0 atom stereocenters. The van der Waals surface area contributed by atoms with Crippen molar-refractivity contribution in [2.75, 3.05) is 38.6 Å². The van der Waals surface area contributed by atoms with E-state index in [-0.39, 0.29) is 0 Å². The van der Waals surface area contributed by atoms with Gasteiger partial charge in [-0.25, -0.2) is 4.79 Å². The minimum atomic E-state index is -0.902. The van der Waals surface area contributed by atoms with Crippen molar-refractivity contribution in [2.24, 2.45) is 13.0 Å². The normalized spacial score (nSPS) is 17.4. The van der Waals surface area contributed by atoms with E-state index in [0.29, 0.717) is 23.0 Å². The second kappa shape index (κ2) is 5.83. The fraction of sp³-hybridized carbons (Fsp3) is 0.714. The number of likely N-dealkylation sites (tertiary alicyclic amines) is 1. The number of nitrogens with zero attached hydrogens (tertiary/aromatic N) is 4. The zero-order valence-electron chi connectivity index (χ0n) is 12.8. The largest absolute Gasteiger partial charge is 0.477 e. The van der Waals surface area contributed by atoms with E-state index >= 15 is 0 Å². The number of carboxylic acids is 1. The number of piperidine rings is 1. The van der Waals surface area contributed by atoms with E-state index in [9.17, 15) is 9.90 Å². The van der Waals surface area contributed by atoms with Crippen molar-refractivity contribution in [3.05, 3.63) is 11.3 Å². The number of hydrogen-bond acceptors (Lipinski definition) is 4. The van der Waals surface area contributed by atoms with Gasteiger partial charge in [0.15, 0.2) is 0 Å². The molecule has 1 N–H and O–H groups in total. The van der Waals surface area contributed by atoms with Gasteiger partial charge in [0, 0.05) is 20.6 Å². The summed E-state index contributed by atoms with van der Waals surface area (Å²) in [6.07, 6.45) is 2.33. The molecule has 1 aliphatic heterocycles. The number of carbonyl (C=O) groups is 1. The summed E-state index contributed by atoms with van der Waals surface area (Å²) in [4.78, 5) is 15.8. The summed E-state index contributed by atoms with van der Waals surface area (Å²) in [5.41, 5.74) is 0.896. The van der Waals surface area contributed by atoms with Crippen molar-refractivity contribution >= 4 is 11.8 Å². The van der Waals surface area contributed by atoms with Gasteiger partial charge in [0.1, 0.15) is 11.4 Å². The fourth-order valence-electron chi connectivity index (χ4n) is 3.05. The first-order valence-electron chi connectivity index (χ1n) is 7.06. The van der Waals surface area contributed by atoms with Gasteiger partial charge in [-0.3, -0.25) is 4.68 Å². The lowest BCUT2D eigenvalue weighted by Gasteiger charge is -2.32. The average Bonchev–Trinajstić information content (AvgIpc) is 2.67. The van der Waals surface area contributed by atoms with Crippen LogP contribution in [0, 0.1) is 12.8 Å². The Bertz CT molecular complexity index is 490. The maximum atomic E-state index is 11.4. The summed E-state index contributed by atoms with van der Waals surface area (Å²) < 4.78 is 1.67. The van der Waals surface area contributed by atoms with Gasteiger partial charge in [0.25, 0.3) is 0 Å². The van der Waals surface area contributed by atoms with Crippen molar-refractivity contribution in [2.45, 2.75) is 19.8 Å². The number of hydrogen-bond donors (Lipinski definition) is 1. The van der Waals surface area contributed by atoms with Crippen LogP contribution < -0.4 is 4.90 Å². The highest BCUT2D eigenvalue weighted by Crippen LogP contribution is 2.25. The molecule has 20 heavy (non-hydrogen) atoms. The third kappa shape index (κ3) is 2.95. The van der Waals surface area contributed by atoms with Gasteiger partial charge in [0.05, 0.1) is 5.69 Å². The molecule has 0 aromatic carbocycles. The van der Waals surface area contributed by atoms with Crippen molar-refractivity contribution in [3.63, 3.8) is 0 Å². The van der Waals surface area contributed by atoms with Crippen LogP contribution in [0.5, 0.6) is 0 Å². The lowest BCUT2D eigenvalue weighted by atomic mass is 9.96. The lowest BCUT2D eigenvalue weighted by molar-refractivity contribution is 0.0696. The number of carboxylic acid groups (broad SMARTS) is 1. The number of aromatic carboxylic acids is 1. The van der Waals surface area contributed by atoms with E-state index in [1.165, 1.54) is 12.8 Å². The van der Waals surface area contributed by atoms with Crippen LogP contribution in [0.4, 0.5) is 5.82 Å². The Morgan fingerprint density at radius 2 is 2.00 bits per heavy atom. The Hall–Kier alpha value is -1.56. The molecule has 6 nitrogen and oxygen atoms in total. The molecule has 2 heterocycles. The van der Waals surface area contributed by atoms with E-state index in [0.717, 1.165) is 19.6 Å². The predicted octanol–water partition coefficient (Wildman–Crippen LogP) is 1.20. The summed E-state index contributed by atoms with van der Waals surface area (Å²) >= 11 is 0. The third-order valence-corrected chi connectivity index (χ3v) is 4.14. The average molecular weight is 280 g/mol. The van der Waals surface area contributed by atoms with E-state index in [2.05, 4.69) is 17.0 Å². The molecule has 0 unspecified atom stereocenters. The molecule has 0 radical (unpaired) electrons.